The zero-order chi connectivity index (χ0) is 9.68. The van der Waals surface area contributed by atoms with Crippen molar-refractivity contribution >= 4 is 0 Å². The molecular weight excluding hydrogens is 160 g/mol. The van der Waals surface area contributed by atoms with Crippen molar-refractivity contribution in [3.63, 3.8) is 0 Å². The second-order valence-electron chi connectivity index (χ2n) is 4.57. The van der Waals surface area contributed by atoms with E-state index in [4.69, 9.17) is 4.74 Å². The second kappa shape index (κ2) is 5.64. The normalized spacial score (nSPS) is 31.6. The predicted octanol–water partition coefficient (Wildman–Crippen LogP) is 3.63. The lowest BCUT2D eigenvalue weighted by Crippen LogP contribution is -2.23. The molecule has 3 atom stereocenters. The van der Waals surface area contributed by atoms with Gasteiger partial charge < -0.3 is 4.74 Å². The summed E-state index contributed by atoms with van der Waals surface area (Å²) in [5.74, 6) is 1.72. The molecule has 0 radical (unpaired) electrons. The van der Waals surface area contributed by atoms with Crippen molar-refractivity contribution in [2.75, 3.05) is 6.61 Å². The predicted molar refractivity (Wildman–Crippen MR) is 56.8 cm³/mol. The third kappa shape index (κ3) is 3.68. The van der Waals surface area contributed by atoms with E-state index in [2.05, 4.69) is 20.8 Å². The molecule has 1 rings (SSSR count). The Kier molecular flexibility index (Phi) is 4.79. The van der Waals surface area contributed by atoms with Gasteiger partial charge in [-0.3, -0.25) is 0 Å². The van der Waals surface area contributed by atoms with Gasteiger partial charge in [-0.25, -0.2) is 0 Å². The van der Waals surface area contributed by atoms with Crippen LogP contribution in [0.15, 0.2) is 0 Å². The maximum absolute atomic E-state index is 5.80. The van der Waals surface area contributed by atoms with Gasteiger partial charge in [-0.05, 0) is 31.6 Å². The highest BCUT2D eigenvalue weighted by Gasteiger charge is 2.21. The van der Waals surface area contributed by atoms with Gasteiger partial charge >= 0.3 is 0 Å². The number of ether oxygens (including phenoxy) is 1. The summed E-state index contributed by atoms with van der Waals surface area (Å²) in [7, 11) is 0. The van der Waals surface area contributed by atoms with Crippen molar-refractivity contribution < 1.29 is 4.74 Å². The Balaban J connectivity index is 2.18. The van der Waals surface area contributed by atoms with Crippen molar-refractivity contribution in [2.45, 2.75) is 59.0 Å². The summed E-state index contributed by atoms with van der Waals surface area (Å²) in [5.41, 5.74) is 0. The van der Waals surface area contributed by atoms with Gasteiger partial charge in [0.1, 0.15) is 0 Å². The summed E-state index contributed by atoms with van der Waals surface area (Å²) in [6, 6.07) is 0. The molecule has 1 heteroatoms. The first-order valence-corrected chi connectivity index (χ1v) is 5.85. The highest BCUT2D eigenvalue weighted by molar-refractivity contribution is 4.72. The van der Waals surface area contributed by atoms with Crippen molar-refractivity contribution in [3.8, 4) is 0 Å². The van der Waals surface area contributed by atoms with Crippen LogP contribution in [0.1, 0.15) is 52.9 Å². The van der Waals surface area contributed by atoms with E-state index in [1.807, 2.05) is 0 Å². The first kappa shape index (κ1) is 11.0. The van der Waals surface area contributed by atoms with E-state index in [0.717, 1.165) is 24.9 Å². The molecular formula is C12H24O. The molecule has 0 N–H and O–H groups in total. The summed E-state index contributed by atoms with van der Waals surface area (Å²) in [4.78, 5) is 0. The van der Waals surface area contributed by atoms with Gasteiger partial charge in [0, 0.05) is 6.61 Å². The average Bonchev–Trinajstić information content (AvgIpc) is 2.16. The molecule has 0 aromatic carbocycles. The van der Waals surface area contributed by atoms with Crippen LogP contribution in [0.5, 0.6) is 0 Å². The largest absolute Gasteiger partial charge is 0.378 e. The van der Waals surface area contributed by atoms with E-state index < -0.39 is 0 Å². The number of hydrogen-bond donors (Lipinski definition) is 0. The van der Waals surface area contributed by atoms with E-state index in [1.165, 1.54) is 25.7 Å². The minimum Gasteiger partial charge on any atom is -0.378 e. The number of hydrogen-bond acceptors (Lipinski definition) is 1. The zero-order valence-corrected chi connectivity index (χ0v) is 9.38. The quantitative estimate of drug-likeness (QED) is 0.648. The number of rotatable bonds is 4. The molecule has 1 aliphatic rings. The molecule has 0 heterocycles. The first-order chi connectivity index (χ1) is 6.24. The topological polar surface area (TPSA) is 9.23 Å². The van der Waals surface area contributed by atoms with Gasteiger partial charge in [-0.2, -0.15) is 0 Å². The molecule has 13 heavy (non-hydrogen) atoms. The minimum atomic E-state index is 0.453. The lowest BCUT2D eigenvalue weighted by Gasteiger charge is -2.29. The van der Waals surface area contributed by atoms with Crippen LogP contribution in [0.2, 0.25) is 0 Å². The van der Waals surface area contributed by atoms with Crippen LogP contribution in [0.4, 0.5) is 0 Å². The Hall–Kier alpha value is -0.0400. The average molecular weight is 184 g/mol. The van der Waals surface area contributed by atoms with E-state index in [9.17, 15) is 0 Å². The standard InChI is InChI=1S/C12H24O/c1-4-11(3)13-9-12-8-6-5-7-10(12)2/h10-12H,4-9H2,1-3H3/t10-,11?,12-/m1/s1. The molecule has 0 amide bonds. The molecule has 0 spiro atoms. The molecule has 1 aliphatic carbocycles. The molecule has 0 bridgehead atoms. The van der Waals surface area contributed by atoms with Crippen molar-refractivity contribution in [1.29, 1.82) is 0 Å². The third-order valence-corrected chi connectivity index (χ3v) is 3.46. The first-order valence-electron chi connectivity index (χ1n) is 5.85. The molecule has 0 aromatic heterocycles. The molecule has 0 aromatic rings. The van der Waals surface area contributed by atoms with Crippen molar-refractivity contribution in [3.05, 3.63) is 0 Å². The second-order valence-corrected chi connectivity index (χ2v) is 4.57. The highest BCUT2D eigenvalue weighted by Crippen LogP contribution is 2.29. The van der Waals surface area contributed by atoms with Crippen LogP contribution in [0.25, 0.3) is 0 Å². The molecule has 1 fully saturated rings. The maximum Gasteiger partial charge on any atom is 0.0544 e. The van der Waals surface area contributed by atoms with Crippen LogP contribution in [0.3, 0.4) is 0 Å². The van der Waals surface area contributed by atoms with Crippen LogP contribution in [-0.4, -0.2) is 12.7 Å². The Morgan fingerprint density at radius 2 is 2.00 bits per heavy atom. The maximum atomic E-state index is 5.80. The van der Waals surface area contributed by atoms with Gasteiger partial charge in [0.2, 0.25) is 0 Å². The Bertz CT molecular complexity index is 133. The van der Waals surface area contributed by atoms with Gasteiger partial charge in [0.15, 0.2) is 0 Å². The van der Waals surface area contributed by atoms with E-state index in [-0.39, 0.29) is 0 Å². The van der Waals surface area contributed by atoms with Gasteiger partial charge in [-0.15, -0.1) is 0 Å². The van der Waals surface area contributed by atoms with Crippen molar-refractivity contribution in [2.24, 2.45) is 11.8 Å². The van der Waals surface area contributed by atoms with E-state index in [0.29, 0.717) is 6.10 Å². The summed E-state index contributed by atoms with van der Waals surface area (Å²) >= 11 is 0. The molecule has 0 saturated heterocycles. The molecule has 1 saturated carbocycles. The van der Waals surface area contributed by atoms with E-state index >= 15 is 0 Å². The Morgan fingerprint density at radius 1 is 1.31 bits per heavy atom. The van der Waals surface area contributed by atoms with Crippen LogP contribution in [-0.2, 0) is 4.74 Å². The van der Waals surface area contributed by atoms with Crippen LogP contribution in [0, 0.1) is 11.8 Å². The monoisotopic (exact) mass is 184 g/mol. The van der Waals surface area contributed by atoms with Gasteiger partial charge in [0.05, 0.1) is 6.10 Å². The van der Waals surface area contributed by atoms with E-state index in [1.54, 1.807) is 0 Å². The van der Waals surface area contributed by atoms with Crippen LogP contribution < -0.4 is 0 Å². The molecule has 1 unspecified atom stereocenters. The lowest BCUT2D eigenvalue weighted by atomic mass is 9.81. The molecule has 78 valence electrons. The lowest BCUT2D eigenvalue weighted by molar-refractivity contribution is 0.0150. The fraction of sp³-hybridized carbons (Fsp3) is 1.00. The SMILES string of the molecule is CCC(C)OC[C@H]1CCCC[C@H]1C. The zero-order valence-electron chi connectivity index (χ0n) is 9.38. The van der Waals surface area contributed by atoms with Crippen LogP contribution >= 0.6 is 0 Å². The fourth-order valence-corrected chi connectivity index (χ4v) is 2.05. The third-order valence-electron chi connectivity index (χ3n) is 3.46. The summed E-state index contributed by atoms with van der Waals surface area (Å²) in [5, 5.41) is 0. The minimum absolute atomic E-state index is 0.453. The Morgan fingerprint density at radius 3 is 2.62 bits per heavy atom. The molecule has 0 aliphatic heterocycles. The Labute approximate surface area is 82.9 Å². The smallest absolute Gasteiger partial charge is 0.0544 e. The highest BCUT2D eigenvalue weighted by atomic mass is 16.5. The van der Waals surface area contributed by atoms with Gasteiger partial charge in [-0.1, -0.05) is 33.1 Å². The summed E-state index contributed by atoms with van der Waals surface area (Å²) in [6.45, 7) is 7.74. The fourth-order valence-electron chi connectivity index (χ4n) is 2.05. The van der Waals surface area contributed by atoms with Gasteiger partial charge in [0.25, 0.3) is 0 Å². The summed E-state index contributed by atoms with van der Waals surface area (Å²) in [6.07, 6.45) is 7.24. The van der Waals surface area contributed by atoms with Crippen molar-refractivity contribution in [1.82, 2.24) is 0 Å². The molecule has 1 nitrogen and oxygen atoms in total. The summed E-state index contributed by atoms with van der Waals surface area (Å²) < 4.78 is 5.80.